The number of ether oxygens (including phenoxy) is 3. The molecule has 3 saturated heterocycles. The largest absolute Gasteiger partial charge is 0.323 e. The molecule has 1 aromatic rings. The summed E-state index contributed by atoms with van der Waals surface area (Å²) in [5.41, 5.74) is 1.41. The summed E-state index contributed by atoms with van der Waals surface area (Å²) >= 11 is 6.15. The topological polar surface area (TPSA) is 27.7 Å². The number of halogens is 1. The van der Waals surface area contributed by atoms with Gasteiger partial charge in [0.05, 0.1) is 24.8 Å². The predicted molar refractivity (Wildman–Crippen MR) is 76.3 cm³/mol. The molecule has 4 heteroatoms. The van der Waals surface area contributed by atoms with Crippen molar-refractivity contribution in [2.75, 3.05) is 19.8 Å². The molecular formula is C16H17ClO3. The minimum atomic E-state index is -1.12. The molecule has 0 amide bonds. The van der Waals surface area contributed by atoms with Crippen LogP contribution in [0, 0.1) is 17.8 Å². The van der Waals surface area contributed by atoms with E-state index in [4.69, 9.17) is 32.2 Å². The molecule has 0 saturated carbocycles. The van der Waals surface area contributed by atoms with E-state index in [1.807, 2.05) is 6.07 Å². The minimum absolute atomic E-state index is 0.000943. The lowest BCUT2D eigenvalue weighted by molar-refractivity contribution is -0.480. The number of hydrogen-bond acceptors (Lipinski definition) is 3. The SMILES string of the molecule is C#Cc1ccc(C23OCC(CCC)(CO2)CO3)cc1Cl. The average molecular weight is 293 g/mol. The van der Waals surface area contributed by atoms with Crippen LogP contribution < -0.4 is 0 Å². The molecule has 106 valence electrons. The van der Waals surface area contributed by atoms with Gasteiger partial charge in [-0.3, -0.25) is 0 Å². The third-order valence-corrected chi connectivity index (χ3v) is 4.28. The maximum atomic E-state index is 6.15. The number of rotatable bonds is 3. The standard InChI is InChI=1S/C16H17ClO3/c1-3-7-15-9-18-16(19-10-15,20-11-15)13-6-5-12(4-2)14(17)8-13/h2,5-6,8H,3,7,9-11H2,1H3. The van der Waals surface area contributed by atoms with Crippen molar-refractivity contribution in [2.45, 2.75) is 25.7 Å². The molecule has 3 fully saturated rings. The fourth-order valence-corrected chi connectivity index (χ4v) is 3.05. The van der Waals surface area contributed by atoms with Gasteiger partial charge >= 0.3 is 5.97 Å². The molecule has 0 N–H and O–H groups in total. The first kappa shape index (κ1) is 13.9. The summed E-state index contributed by atoms with van der Waals surface area (Å²) in [6, 6.07) is 5.39. The Bertz CT molecular complexity index is 537. The number of benzene rings is 1. The van der Waals surface area contributed by atoms with Gasteiger partial charge in [-0.2, -0.15) is 0 Å². The van der Waals surface area contributed by atoms with Crippen molar-refractivity contribution >= 4 is 11.6 Å². The van der Waals surface area contributed by atoms with E-state index >= 15 is 0 Å². The lowest BCUT2D eigenvalue weighted by atomic mass is 9.83. The predicted octanol–water partition coefficient (Wildman–Crippen LogP) is 3.30. The van der Waals surface area contributed by atoms with Crippen LogP contribution in [0.1, 0.15) is 30.9 Å². The Morgan fingerprint density at radius 1 is 1.25 bits per heavy atom. The molecule has 3 heterocycles. The molecule has 0 aromatic heterocycles. The summed E-state index contributed by atoms with van der Waals surface area (Å²) in [6.07, 6.45) is 7.51. The molecule has 0 spiro atoms. The van der Waals surface area contributed by atoms with Gasteiger partial charge in [-0.25, -0.2) is 0 Å². The molecular weight excluding hydrogens is 276 g/mol. The number of hydrogen-bond donors (Lipinski definition) is 0. The number of fused-ring (bicyclic) bond motifs is 3. The van der Waals surface area contributed by atoms with Gasteiger partial charge in [0.25, 0.3) is 0 Å². The highest BCUT2D eigenvalue weighted by atomic mass is 35.5. The van der Waals surface area contributed by atoms with Gasteiger partial charge in [-0.05, 0) is 24.6 Å². The third kappa shape index (κ3) is 2.13. The van der Waals surface area contributed by atoms with Gasteiger partial charge in [0.2, 0.25) is 0 Å². The second-order valence-electron chi connectivity index (χ2n) is 5.51. The fraction of sp³-hybridized carbons (Fsp3) is 0.500. The van der Waals surface area contributed by atoms with Gasteiger partial charge in [-0.15, -0.1) is 6.42 Å². The highest BCUT2D eigenvalue weighted by Gasteiger charge is 2.53. The van der Waals surface area contributed by atoms with Crippen LogP contribution in [0.2, 0.25) is 5.02 Å². The van der Waals surface area contributed by atoms with Crippen molar-refractivity contribution < 1.29 is 14.2 Å². The maximum Gasteiger partial charge on any atom is 0.312 e. The van der Waals surface area contributed by atoms with Gasteiger partial charge in [0.1, 0.15) is 0 Å². The molecule has 0 atom stereocenters. The van der Waals surface area contributed by atoms with E-state index in [1.165, 1.54) is 0 Å². The molecule has 3 nitrogen and oxygen atoms in total. The van der Waals surface area contributed by atoms with Crippen LogP contribution in [-0.4, -0.2) is 19.8 Å². The zero-order chi connectivity index (χ0) is 14.2. The average Bonchev–Trinajstić information content (AvgIpc) is 2.49. The first-order chi connectivity index (χ1) is 9.63. The summed E-state index contributed by atoms with van der Waals surface area (Å²) in [4.78, 5) is 0. The smallest absolute Gasteiger partial charge is 0.312 e. The van der Waals surface area contributed by atoms with E-state index in [0.717, 1.165) is 18.4 Å². The van der Waals surface area contributed by atoms with E-state index in [9.17, 15) is 0 Å². The maximum absolute atomic E-state index is 6.15. The highest BCUT2D eigenvalue weighted by Crippen LogP contribution is 2.46. The van der Waals surface area contributed by atoms with Crippen LogP contribution in [0.15, 0.2) is 18.2 Å². The summed E-state index contributed by atoms with van der Waals surface area (Å²) in [5, 5.41) is 0.506. The van der Waals surface area contributed by atoms with Crippen molar-refractivity contribution in [3.63, 3.8) is 0 Å². The van der Waals surface area contributed by atoms with Crippen LogP contribution in [0.3, 0.4) is 0 Å². The fourth-order valence-electron chi connectivity index (χ4n) is 2.81. The van der Waals surface area contributed by atoms with Crippen LogP contribution in [0.5, 0.6) is 0 Å². The Hall–Kier alpha value is -1.05. The van der Waals surface area contributed by atoms with Crippen molar-refractivity contribution in [1.82, 2.24) is 0 Å². The lowest BCUT2D eigenvalue weighted by Crippen LogP contribution is -2.58. The van der Waals surface area contributed by atoms with E-state index in [0.29, 0.717) is 30.4 Å². The monoisotopic (exact) mass is 292 g/mol. The molecule has 0 radical (unpaired) electrons. The molecule has 0 unspecified atom stereocenters. The third-order valence-electron chi connectivity index (χ3n) is 3.96. The lowest BCUT2D eigenvalue weighted by Gasteiger charge is -2.52. The van der Waals surface area contributed by atoms with E-state index in [1.54, 1.807) is 12.1 Å². The number of terminal acetylenes is 1. The Labute approximate surface area is 124 Å². The Balaban J connectivity index is 1.86. The molecule has 0 aliphatic carbocycles. The van der Waals surface area contributed by atoms with E-state index < -0.39 is 5.97 Å². The molecule has 3 aliphatic rings. The molecule has 20 heavy (non-hydrogen) atoms. The highest BCUT2D eigenvalue weighted by molar-refractivity contribution is 6.31. The van der Waals surface area contributed by atoms with Crippen LogP contribution in [-0.2, 0) is 20.2 Å². The second kappa shape index (κ2) is 5.05. The summed E-state index contributed by atoms with van der Waals surface area (Å²) in [7, 11) is 0. The van der Waals surface area contributed by atoms with Crippen molar-refractivity contribution in [3.05, 3.63) is 34.3 Å². The van der Waals surface area contributed by atoms with E-state index in [2.05, 4.69) is 12.8 Å². The van der Waals surface area contributed by atoms with Crippen molar-refractivity contribution in [1.29, 1.82) is 0 Å². The summed E-state index contributed by atoms with van der Waals surface area (Å²) in [5.74, 6) is 1.42. The van der Waals surface area contributed by atoms with Gasteiger partial charge in [0, 0.05) is 16.5 Å². The summed E-state index contributed by atoms with van der Waals surface area (Å²) < 4.78 is 17.6. The zero-order valence-electron chi connectivity index (χ0n) is 11.4. The van der Waals surface area contributed by atoms with Gasteiger partial charge in [-0.1, -0.05) is 30.9 Å². The Kier molecular flexibility index (Phi) is 3.51. The molecule has 1 aromatic carbocycles. The van der Waals surface area contributed by atoms with Gasteiger partial charge in [0.15, 0.2) is 0 Å². The van der Waals surface area contributed by atoms with Crippen LogP contribution in [0.25, 0.3) is 0 Å². The van der Waals surface area contributed by atoms with Crippen molar-refractivity contribution in [2.24, 2.45) is 5.41 Å². The molecule has 3 aliphatic heterocycles. The Morgan fingerprint density at radius 3 is 2.40 bits per heavy atom. The molecule has 2 bridgehead atoms. The first-order valence-corrected chi connectivity index (χ1v) is 7.19. The van der Waals surface area contributed by atoms with E-state index in [-0.39, 0.29) is 5.41 Å². The summed E-state index contributed by atoms with van der Waals surface area (Å²) in [6.45, 7) is 4.10. The van der Waals surface area contributed by atoms with Crippen LogP contribution >= 0.6 is 11.6 Å². The quantitative estimate of drug-likeness (QED) is 0.800. The zero-order valence-corrected chi connectivity index (χ0v) is 12.2. The second-order valence-corrected chi connectivity index (χ2v) is 5.92. The van der Waals surface area contributed by atoms with Gasteiger partial charge < -0.3 is 14.2 Å². The first-order valence-electron chi connectivity index (χ1n) is 6.82. The normalized spacial score (nSPS) is 32.0. The minimum Gasteiger partial charge on any atom is -0.323 e. The van der Waals surface area contributed by atoms with Crippen LogP contribution in [0.4, 0.5) is 0 Å². The Morgan fingerprint density at radius 2 is 1.90 bits per heavy atom. The van der Waals surface area contributed by atoms with Crippen molar-refractivity contribution in [3.8, 4) is 12.3 Å². The molecule has 4 rings (SSSR count).